The molecule has 0 aromatic rings. The van der Waals surface area contributed by atoms with Crippen LogP contribution in [-0.4, -0.2) is 29.5 Å². The van der Waals surface area contributed by atoms with Crippen LogP contribution in [0.2, 0.25) is 0 Å². The van der Waals surface area contributed by atoms with Crippen LogP contribution in [0.1, 0.15) is 33.1 Å². The summed E-state index contributed by atoms with van der Waals surface area (Å²) in [7, 11) is 0. The second-order valence-electron chi connectivity index (χ2n) is 4.68. The van der Waals surface area contributed by atoms with Gasteiger partial charge in [0, 0.05) is 6.54 Å². The third-order valence-electron chi connectivity index (χ3n) is 3.19. The molecule has 0 bridgehead atoms. The zero-order valence-corrected chi connectivity index (χ0v) is 10.1. The first-order valence-corrected chi connectivity index (χ1v) is 6.01. The summed E-state index contributed by atoms with van der Waals surface area (Å²) in [4.78, 5) is 3.03. The molecule has 1 rings (SSSR count). The average molecular weight is 214 g/mol. The quantitative estimate of drug-likeness (QED) is 0.729. The molecule has 2 nitrogen and oxygen atoms in total. The Hall–Kier alpha value is -0.150. The lowest BCUT2D eigenvalue weighted by Gasteiger charge is -2.20. The van der Waals surface area contributed by atoms with Crippen molar-refractivity contribution in [2.45, 2.75) is 33.1 Å². The molecule has 1 saturated heterocycles. The monoisotopic (exact) mass is 214 g/mol. The first kappa shape index (κ1) is 11.9. The molecule has 2 N–H and O–H groups in total. The molecule has 0 aliphatic carbocycles. The highest BCUT2D eigenvalue weighted by Gasteiger charge is 2.19. The van der Waals surface area contributed by atoms with Gasteiger partial charge >= 0.3 is 0 Å². The Bertz CT molecular complexity index is 192. The Morgan fingerprint density at radius 2 is 2.14 bits per heavy atom. The number of hydrogen-bond acceptors (Lipinski definition) is 2. The van der Waals surface area contributed by atoms with E-state index < -0.39 is 0 Å². The maximum absolute atomic E-state index is 5.56. The third kappa shape index (κ3) is 3.93. The third-order valence-corrected chi connectivity index (χ3v) is 3.32. The normalized spacial score (nSPS) is 24.9. The maximum Gasteiger partial charge on any atom is 0.0870 e. The molecular formula is C11H22N2S. The SMILES string of the molecule is CC(C)C1CCCN(CC(N)=S)CC1. The van der Waals surface area contributed by atoms with Crippen LogP contribution in [0.15, 0.2) is 0 Å². The Morgan fingerprint density at radius 1 is 1.43 bits per heavy atom. The van der Waals surface area contributed by atoms with Gasteiger partial charge in [-0.1, -0.05) is 26.1 Å². The number of hydrogen-bond donors (Lipinski definition) is 1. The van der Waals surface area contributed by atoms with Crippen LogP contribution in [0.25, 0.3) is 0 Å². The van der Waals surface area contributed by atoms with Crippen molar-refractivity contribution >= 4 is 17.2 Å². The van der Waals surface area contributed by atoms with E-state index in [9.17, 15) is 0 Å². The van der Waals surface area contributed by atoms with Crippen molar-refractivity contribution in [2.24, 2.45) is 17.6 Å². The first-order valence-electron chi connectivity index (χ1n) is 5.60. The highest BCUT2D eigenvalue weighted by Crippen LogP contribution is 2.24. The molecule has 1 aliphatic rings. The Morgan fingerprint density at radius 3 is 2.71 bits per heavy atom. The molecule has 0 aromatic carbocycles. The summed E-state index contributed by atoms with van der Waals surface area (Å²) in [5.41, 5.74) is 5.56. The van der Waals surface area contributed by atoms with Gasteiger partial charge in [0.15, 0.2) is 0 Å². The first-order chi connectivity index (χ1) is 6.59. The van der Waals surface area contributed by atoms with Gasteiger partial charge in [0.2, 0.25) is 0 Å². The molecule has 1 aliphatic heterocycles. The van der Waals surface area contributed by atoms with E-state index in [-0.39, 0.29) is 0 Å². The molecule has 0 radical (unpaired) electrons. The Balaban J connectivity index is 2.36. The maximum atomic E-state index is 5.56. The zero-order valence-electron chi connectivity index (χ0n) is 9.33. The summed E-state index contributed by atoms with van der Waals surface area (Å²) in [5, 5.41) is 0. The lowest BCUT2D eigenvalue weighted by atomic mass is 9.89. The van der Waals surface area contributed by atoms with E-state index in [1.165, 1.54) is 32.4 Å². The van der Waals surface area contributed by atoms with Crippen LogP contribution in [0.3, 0.4) is 0 Å². The largest absolute Gasteiger partial charge is 0.392 e. The number of rotatable bonds is 3. The van der Waals surface area contributed by atoms with Gasteiger partial charge in [0.05, 0.1) is 4.99 Å². The smallest absolute Gasteiger partial charge is 0.0870 e. The highest BCUT2D eigenvalue weighted by molar-refractivity contribution is 7.80. The van der Waals surface area contributed by atoms with Crippen LogP contribution in [0.4, 0.5) is 0 Å². The zero-order chi connectivity index (χ0) is 10.6. The van der Waals surface area contributed by atoms with Crippen molar-refractivity contribution in [3.63, 3.8) is 0 Å². The van der Waals surface area contributed by atoms with Gasteiger partial charge in [-0.25, -0.2) is 0 Å². The molecular weight excluding hydrogens is 192 g/mol. The summed E-state index contributed by atoms with van der Waals surface area (Å²) in [5.74, 6) is 1.71. The molecule has 1 fully saturated rings. The Kier molecular flexibility index (Phi) is 4.82. The van der Waals surface area contributed by atoms with Gasteiger partial charge in [-0.15, -0.1) is 0 Å². The second-order valence-corrected chi connectivity index (χ2v) is 5.20. The van der Waals surface area contributed by atoms with Crippen LogP contribution < -0.4 is 5.73 Å². The molecule has 0 saturated carbocycles. The average Bonchev–Trinajstić information content (AvgIpc) is 2.28. The minimum atomic E-state index is 0.632. The van der Waals surface area contributed by atoms with Crippen LogP contribution >= 0.6 is 12.2 Å². The van der Waals surface area contributed by atoms with Crippen molar-refractivity contribution in [1.29, 1.82) is 0 Å². The molecule has 3 heteroatoms. The van der Waals surface area contributed by atoms with Crippen molar-refractivity contribution in [1.82, 2.24) is 4.90 Å². The number of thiocarbonyl (C=S) groups is 1. The fourth-order valence-electron chi connectivity index (χ4n) is 2.23. The topological polar surface area (TPSA) is 29.3 Å². The molecule has 82 valence electrons. The number of likely N-dealkylation sites (tertiary alicyclic amines) is 1. The molecule has 0 aromatic heterocycles. The highest BCUT2D eigenvalue weighted by atomic mass is 32.1. The van der Waals surface area contributed by atoms with Crippen LogP contribution in [-0.2, 0) is 0 Å². The predicted molar refractivity (Wildman–Crippen MR) is 65.4 cm³/mol. The summed E-state index contributed by atoms with van der Waals surface area (Å²) < 4.78 is 0. The van der Waals surface area contributed by atoms with Crippen molar-refractivity contribution in [2.75, 3.05) is 19.6 Å². The van der Waals surface area contributed by atoms with E-state index in [1.807, 2.05) is 0 Å². The van der Waals surface area contributed by atoms with Crippen molar-refractivity contribution < 1.29 is 0 Å². The van der Waals surface area contributed by atoms with Gasteiger partial charge in [-0.05, 0) is 44.2 Å². The van der Waals surface area contributed by atoms with E-state index in [0.29, 0.717) is 4.99 Å². The fourth-order valence-corrected chi connectivity index (χ4v) is 2.41. The van der Waals surface area contributed by atoms with Crippen LogP contribution in [0, 0.1) is 11.8 Å². The fraction of sp³-hybridized carbons (Fsp3) is 0.909. The van der Waals surface area contributed by atoms with E-state index in [0.717, 1.165) is 18.4 Å². The minimum Gasteiger partial charge on any atom is -0.392 e. The van der Waals surface area contributed by atoms with Gasteiger partial charge in [0.1, 0.15) is 0 Å². The van der Waals surface area contributed by atoms with Crippen molar-refractivity contribution in [3.8, 4) is 0 Å². The predicted octanol–water partition coefficient (Wildman–Crippen LogP) is 2.03. The Labute approximate surface area is 92.8 Å². The summed E-state index contributed by atoms with van der Waals surface area (Å²) in [6.07, 6.45) is 3.97. The summed E-state index contributed by atoms with van der Waals surface area (Å²) in [6.45, 7) is 7.79. The molecule has 0 spiro atoms. The lowest BCUT2D eigenvalue weighted by Crippen LogP contribution is -2.33. The van der Waals surface area contributed by atoms with E-state index >= 15 is 0 Å². The van der Waals surface area contributed by atoms with Gasteiger partial charge in [-0.3, -0.25) is 4.90 Å². The minimum absolute atomic E-state index is 0.632. The number of nitrogens with two attached hydrogens (primary N) is 1. The molecule has 1 heterocycles. The van der Waals surface area contributed by atoms with E-state index in [2.05, 4.69) is 18.7 Å². The standard InChI is InChI=1S/C11H22N2S/c1-9(2)10-4-3-6-13(7-5-10)8-11(12)14/h9-10H,3-8H2,1-2H3,(H2,12,14). The molecule has 1 atom stereocenters. The summed E-state index contributed by atoms with van der Waals surface area (Å²) in [6, 6.07) is 0. The second kappa shape index (κ2) is 5.66. The molecule has 14 heavy (non-hydrogen) atoms. The lowest BCUT2D eigenvalue weighted by molar-refractivity contribution is 0.302. The van der Waals surface area contributed by atoms with Gasteiger partial charge in [-0.2, -0.15) is 0 Å². The van der Waals surface area contributed by atoms with Crippen LogP contribution in [0.5, 0.6) is 0 Å². The van der Waals surface area contributed by atoms with E-state index in [1.54, 1.807) is 0 Å². The van der Waals surface area contributed by atoms with Gasteiger partial charge in [0.25, 0.3) is 0 Å². The molecule has 0 amide bonds. The molecule has 1 unspecified atom stereocenters. The number of nitrogens with zero attached hydrogens (tertiary/aromatic N) is 1. The van der Waals surface area contributed by atoms with E-state index in [4.69, 9.17) is 18.0 Å². The van der Waals surface area contributed by atoms with Gasteiger partial charge < -0.3 is 5.73 Å². The van der Waals surface area contributed by atoms with Crippen molar-refractivity contribution in [3.05, 3.63) is 0 Å². The summed E-state index contributed by atoms with van der Waals surface area (Å²) >= 11 is 4.94.